The maximum absolute atomic E-state index is 11.6. The minimum absolute atomic E-state index is 0.130. The van der Waals surface area contributed by atoms with Crippen molar-refractivity contribution in [1.82, 2.24) is 10.2 Å². The number of hydrogen-bond acceptors (Lipinski definition) is 5. The molecule has 110 valence electrons. The van der Waals surface area contributed by atoms with E-state index in [1.165, 1.54) is 0 Å². The summed E-state index contributed by atoms with van der Waals surface area (Å²) in [4.78, 5) is 11.6. The van der Waals surface area contributed by atoms with E-state index < -0.39 is 5.91 Å². The van der Waals surface area contributed by atoms with Gasteiger partial charge in [-0.15, -0.1) is 10.2 Å². The molecule has 1 aromatic carbocycles. The molecule has 7 heteroatoms. The summed E-state index contributed by atoms with van der Waals surface area (Å²) in [6.07, 6.45) is 2.00. The number of primary amides is 1. The molecule has 1 aromatic heterocycles. The molecular weight excluding hydrogens is 292 g/mol. The maximum atomic E-state index is 11.6. The Morgan fingerprint density at radius 1 is 1.43 bits per heavy atom. The van der Waals surface area contributed by atoms with Gasteiger partial charge in [0.2, 0.25) is 0 Å². The van der Waals surface area contributed by atoms with Crippen molar-refractivity contribution in [3.05, 3.63) is 28.9 Å². The summed E-state index contributed by atoms with van der Waals surface area (Å²) in [6, 6.07) is 5.47. The van der Waals surface area contributed by atoms with Crippen LogP contribution in [-0.2, 0) is 4.74 Å². The number of methoxy groups -OCH3 is 1. The van der Waals surface area contributed by atoms with Crippen LogP contribution in [0.5, 0.6) is 0 Å². The Labute approximate surface area is 126 Å². The smallest absolute Gasteiger partial charge is 0.271 e. The fourth-order valence-electron chi connectivity index (χ4n) is 2.48. The number of amides is 1. The molecule has 2 aromatic rings. The van der Waals surface area contributed by atoms with Crippen LogP contribution in [0.25, 0.3) is 10.9 Å². The predicted octanol–water partition coefficient (Wildman–Crippen LogP) is 1.97. The second-order valence-corrected chi connectivity index (χ2v) is 5.56. The standard InChI is InChI=1S/C14H15ClN4O2/c1-21-9-5-8(6-9)17-12-10-4-7(15)2-3-11(10)18-19-13(12)14(16)20/h2-4,8-9H,5-6H2,1H3,(H2,16,20)(H,17,18)/t8-,9+. The fourth-order valence-corrected chi connectivity index (χ4v) is 2.65. The summed E-state index contributed by atoms with van der Waals surface area (Å²) in [5, 5.41) is 12.6. The molecule has 0 bridgehead atoms. The van der Waals surface area contributed by atoms with Crippen molar-refractivity contribution in [2.45, 2.75) is 25.0 Å². The van der Waals surface area contributed by atoms with Gasteiger partial charge in [-0.25, -0.2) is 0 Å². The average molecular weight is 307 g/mol. The highest BCUT2D eigenvalue weighted by Gasteiger charge is 2.30. The van der Waals surface area contributed by atoms with E-state index in [1.807, 2.05) is 0 Å². The molecule has 0 aliphatic heterocycles. The Hall–Kier alpha value is -1.92. The molecule has 0 radical (unpaired) electrons. The van der Waals surface area contributed by atoms with Crippen LogP contribution in [0.3, 0.4) is 0 Å². The number of fused-ring (bicyclic) bond motifs is 1. The monoisotopic (exact) mass is 306 g/mol. The highest BCUT2D eigenvalue weighted by Crippen LogP contribution is 2.32. The second kappa shape index (κ2) is 5.46. The number of nitrogens with zero attached hydrogens (tertiary/aromatic N) is 2. The molecule has 1 heterocycles. The number of benzene rings is 1. The van der Waals surface area contributed by atoms with E-state index in [0.29, 0.717) is 16.2 Å². The maximum Gasteiger partial charge on any atom is 0.271 e. The third kappa shape index (κ3) is 2.64. The molecule has 21 heavy (non-hydrogen) atoms. The number of anilines is 1. The molecule has 1 aliphatic rings. The molecule has 1 fully saturated rings. The molecule has 0 atom stereocenters. The first kappa shape index (κ1) is 14.0. The zero-order chi connectivity index (χ0) is 15.0. The van der Waals surface area contributed by atoms with E-state index in [1.54, 1.807) is 25.3 Å². The highest BCUT2D eigenvalue weighted by atomic mass is 35.5. The van der Waals surface area contributed by atoms with E-state index in [0.717, 1.165) is 18.2 Å². The van der Waals surface area contributed by atoms with Crippen LogP contribution in [0.2, 0.25) is 5.02 Å². The van der Waals surface area contributed by atoms with Gasteiger partial charge in [0.1, 0.15) is 0 Å². The number of hydrogen-bond donors (Lipinski definition) is 2. The van der Waals surface area contributed by atoms with Crippen LogP contribution in [-0.4, -0.2) is 35.4 Å². The normalized spacial score (nSPS) is 21.0. The number of rotatable bonds is 4. The average Bonchev–Trinajstić information content (AvgIpc) is 2.41. The topological polar surface area (TPSA) is 90.1 Å². The van der Waals surface area contributed by atoms with Gasteiger partial charge < -0.3 is 15.8 Å². The molecule has 0 unspecified atom stereocenters. The van der Waals surface area contributed by atoms with Crippen molar-refractivity contribution < 1.29 is 9.53 Å². The summed E-state index contributed by atoms with van der Waals surface area (Å²) >= 11 is 6.04. The molecule has 0 spiro atoms. The lowest BCUT2D eigenvalue weighted by Gasteiger charge is -2.35. The summed E-state index contributed by atoms with van der Waals surface area (Å²) in [7, 11) is 1.69. The van der Waals surface area contributed by atoms with Crippen molar-refractivity contribution in [3.8, 4) is 0 Å². The second-order valence-electron chi connectivity index (χ2n) is 5.12. The van der Waals surface area contributed by atoms with E-state index in [2.05, 4.69) is 15.5 Å². The van der Waals surface area contributed by atoms with Gasteiger partial charge in [0.05, 0.1) is 17.3 Å². The SMILES string of the molecule is CO[C@H]1C[C@@H](Nc2c(C(N)=O)nnc3ccc(Cl)cc23)C1. The third-order valence-corrected chi connectivity index (χ3v) is 3.97. The zero-order valence-corrected chi connectivity index (χ0v) is 12.2. The lowest BCUT2D eigenvalue weighted by molar-refractivity contribution is 0.0329. The van der Waals surface area contributed by atoms with Crippen LogP contribution in [0.15, 0.2) is 18.2 Å². The largest absolute Gasteiger partial charge is 0.381 e. The lowest BCUT2D eigenvalue weighted by atomic mass is 9.89. The van der Waals surface area contributed by atoms with Gasteiger partial charge in [-0.3, -0.25) is 4.79 Å². The van der Waals surface area contributed by atoms with Gasteiger partial charge in [0.15, 0.2) is 5.69 Å². The number of ether oxygens (including phenoxy) is 1. The molecule has 1 aliphatic carbocycles. The molecule has 3 rings (SSSR count). The Morgan fingerprint density at radius 3 is 2.86 bits per heavy atom. The minimum Gasteiger partial charge on any atom is -0.381 e. The number of nitrogens with two attached hydrogens (primary N) is 1. The van der Waals surface area contributed by atoms with Crippen molar-refractivity contribution in [2.24, 2.45) is 5.73 Å². The van der Waals surface area contributed by atoms with Crippen LogP contribution >= 0.6 is 11.6 Å². The van der Waals surface area contributed by atoms with Crippen molar-refractivity contribution in [3.63, 3.8) is 0 Å². The molecular formula is C14H15ClN4O2. The van der Waals surface area contributed by atoms with Gasteiger partial charge in [0, 0.05) is 23.6 Å². The van der Waals surface area contributed by atoms with E-state index in [4.69, 9.17) is 22.1 Å². The summed E-state index contributed by atoms with van der Waals surface area (Å²) in [5.74, 6) is -0.616. The van der Waals surface area contributed by atoms with Crippen molar-refractivity contribution >= 4 is 34.1 Å². The first-order valence-electron chi connectivity index (χ1n) is 6.63. The molecule has 6 nitrogen and oxygen atoms in total. The van der Waals surface area contributed by atoms with Gasteiger partial charge in [-0.05, 0) is 31.0 Å². The van der Waals surface area contributed by atoms with Crippen LogP contribution in [0.4, 0.5) is 5.69 Å². The van der Waals surface area contributed by atoms with Crippen molar-refractivity contribution in [2.75, 3.05) is 12.4 Å². The first-order chi connectivity index (χ1) is 10.1. The molecule has 0 saturated heterocycles. The summed E-state index contributed by atoms with van der Waals surface area (Å²) in [6.45, 7) is 0. The Morgan fingerprint density at radius 2 is 2.19 bits per heavy atom. The number of carbonyl (C=O) groups excluding carboxylic acids is 1. The van der Waals surface area contributed by atoms with Gasteiger partial charge >= 0.3 is 0 Å². The third-order valence-electron chi connectivity index (χ3n) is 3.73. The van der Waals surface area contributed by atoms with Crippen LogP contribution < -0.4 is 11.1 Å². The van der Waals surface area contributed by atoms with E-state index in [9.17, 15) is 4.79 Å². The van der Waals surface area contributed by atoms with Crippen molar-refractivity contribution in [1.29, 1.82) is 0 Å². The highest BCUT2D eigenvalue weighted by molar-refractivity contribution is 6.31. The predicted molar refractivity (Wildman–Crippen MR) is 80.5 cm³/mol. The summed E-state index contributed by atoms with van der Waals surface area (Å²) in [5.41, 5.74) is 6.78. The zero-order valence-electron chi connectivity index (χ0n) is 11.5. The number of aromatic nitrogens is 2. The van der Waals surface area contributed by atoms with E-state index >= 15 is 0 Å². The first-order valence-corrected chi connectivity index (χ1v) is 7.01. The number of halogens is 1. The minimum atomic E-state index is -0.616. The Balaban J connectivity index is 2.02. The Bertz CT molecular complexity index is 701. The molecule has 3 N–H and O–H groups in total. The summed E-state index contributed by atoms with van der Waals surface area (Å²) < 4.78 is 5.26. The quantitative estimate of drug-likeness (QED) is 0.901. The number of nitrogens with one attached hydrogen (secondary N) is 1. The Kier molecular flexibility index (Phi) is 3.65. The lowest BCUT2D eigenvalue weighted by Crippen LogP contribution is -2.40. The van der Waals surface area contributed by atoms with Crippen LogP contribution in [0, 0.1) is 0 Å². The molecule has 1 amide bonds. The van der Waals surface area contributed by atoms with E-state index in [-0.39, 0.29) is 17.8 Å². The van der Waals surface area contributed by atoms with Crippen LogP contribution in [0.1, 0.15) is 23.3 Å². The molecule has 1 saturated carbocycles. The van der Waals surface area contributed by atoms with Gasteiger partial charge in [0.25, 0.3) is 5.91 Å². The van der Waals surface area contributed by atoms with Gasteiger partial charge in [-0.1, -0.05) is 11.6 Å². The van der Waals surface area contributed by atoms with Gasteiger partial charge in [-0.2, -0.15) is 0 Å². The fraction of sp³-hybridized carbons (Fsp3) is 0.357. The number of carbonyl (C=O) groups is 1.